The summed E-state index contributed by atoms with van der Waals surface area (Å²) in [5.41, 5.74) is 0. The maximum atomic E-state index is 10.5. The zero-order chi connectivity index (χ0) is 11.7. The van der Waals surface area contributed by atoms with Crippen molar-refractivity contribution in [2.75, 3.05) is 0 Å². The summed E-state index contributed by atoms with van der Waals surface area (Å²) in [5, 5.41) is 18.1. The lowest BCUT2D eigenvalue weighted by Crippen LogP contribution is -2.28. The van der Waals surface area contributed by atoms with Crippen LogP contribution in [0.25, 0.3) is 0 Å². The minimum atomic E-state index is -0.992. The highest BCUT2D eigenvalue weighted by atomic mass is 79.9. The van der Waals surface area contributed by atoms with Gasteiger partial charge in [-0.2, -0.15) is 0 Å². The van der Waals surface area contributed by atoms with E-state index in [-0.39, 0.29) is 0 Å². The summed E-state index contributed by atoms with van der Waals surface area (Å²) in [7, 11) is 0. The molecular weight excluding hydrogens is 260 g/mol. The van der Waals surface area contributed by atoms with Crippen LogP contribution >= 0.6 is 15.9 Å². The van der Waals surface area contributed by atoms with Crippen LogP contribution < -0.4 is 0 Å². The molecule has 0 aliphatic rings. The van der Waals surface area contributed by atoms with Crippen molar-refractivity contribution in [3.05, 3.63) is 0 Å². The molecule has 0 bridgehead atoms. The first kappa shape index (κ1) is 14.9. The molecule has 0 saturated carbocycles. The van der Waals surface area contributed by atoms with Gasteiger partial charge in [0.2, 0.25) is 0 Å². The van der Waals surface area contributed by atoms with E-state index >= 15 is 0 Å². The van der Waals surface area contributed by atoms with Crippen LogP contribution in [0.15, 0.2) is 0 Å². The third-order valence-corrected chi connectivity index (χ3v) is 3.43. The van der Waals surface area contributed by atoms with Gasteiger partial charge in [-0.05, 0) is 6.42 Å². The number of rotatable bonds is 9. The number of hydrogen-bond donors (Lipinski definition) is 2. The second kappa shape index (κ2) is 9.16. The van der Waals surface area contributed by atoms with E-state index in [2.05, 4.69) is 22.9 Å². The lowest BCUT2D eigenvalue weighted by molar-refractivity contribution is -0.138. The largest absolute Gasteiger partial charge is 0.480 e. The molecule has 2 N–H and O–H groups in total. The summed E-state index contributed by atoms with van der Waals surface area (Å²) in [5.74, 6) is -0.992. The van der Waals surface area contributed by atoms with Gasteiger partial charge in [-0.25, -0.2) is 0 Å². The highest BCUT2D eigenvalue weighted by molar-refractivity contribution is 9.10. The van der Waals surface area contributed by atoms with E-state index < -0.39 is 16.9 Å². The van der Waals surface area contributed by atoms with Crippen LogP contribution in [0.2, 0.25) is 0 Å². The molecule has 0 aromatic heterocycles. The fourth-order valence-electron chi connectivity index (χ4n) is 1.44. The zero-order valence-corrected chi connectivity index (χ0v) is 10.9. The molecule has 0 aromatic rings. The zero-order valence-electron chi connectivity index (χ0n) is 9.29. The molecule has 90 valence electrons. The van der Waals surface area contributed by atoms with Crippen molar-refractivity contribution in [1.29, 1.82) is 0 Å². The van der Waals surface area contributed by atoms with Gasteiger partial charge in [-0.1, -0.05) is 61.4 Å². The maximum Gasteiger partial charge on any atom is 0.319 e. The Kier molecular flexibility index (Phi) is 9.10. The molecule has 15 heavy (non-hydrogen) atoms. The summed E-state index contributed by atoms with van der Waals surface area (Å²) in [4.78, 5) is 9.68. The van der Waals surface area contributed by atoms with Gasteiger partial charge < -0.3 is 10.2 Å². The highest BCUT2D eigenvalue weighted by Crippen LogP contribution is 2.14. The molecule has 0 heterocycles. The van der Waals surface area contributed by atoms with E-state index in [1.165, 1.54) is 25.7 Å². The average Bonchev–Trinajstić information content (AvgIpc) is 2.21. The summed E-state index contributed by atoms with van der Waals surface area (Å²) >= 11 is 2.95. The van der Waals surface area contributed by atoms with Crippen LogP contribution in [0.1, 0.15) is 51.9 Å². The number of halogens is 1. The molecule has 0 aromatic carbocycles. The monoisotopic (exact) mass is 280 g/mol. The summed E-state index contributed by atoms with van der Waals surface area (Å²) in [6.45, 7) is 2.17. The molecule has 0 spiro atoms. The third kappa shape index (κ3) is 7.79. The second-order valence-corrected chi connectivity index (χ2v) is 4.85. The minimum absolute atomic E-state index is 0.564. The van der Waals surface area contributed by atoms with E-state index in [9.17, 15) is 9.90 Å². The minimum Gasteiger partial charge on any atom is -0.480 e. The first-order chi connectivity index (χ1) is 7.09. The predicted molar refractivity (Wildman–Crippen MR) is 64.4 cm³/mol. The Bertz CT molecular complexity index is 173. The Hall–Kier alpha value is -0.0900. The number of unbranched alkanes of at least 4 members (excludes halogenated alkanes) is 5. The molecule has 1 unspecified atom stereocenters. The van der Waals surface area contributed by atoms with Gasteiger partial charge in [0.05, 0.1) is 6.10 Å². The topological polar surface area (TPSA) is 57.5 Å². The van der Waals surface area contributed by atoms with Gasteiger partial charge in [0, 0.05) is 0 Å². The van der Waals surface area contributed by atoms with Gasteiger partial charge in [0.15, 0.2) is 0 Å². The van der Waals surface area contributed by atoms with Gasteiger partial charge in [-0.3, -0.25) is 4.79 Å². The fourth-order valence-corrected chi connectivity index (χ4v) is 1.71. The fraction of sp³-hybridized carbons (Fsp3) is 0.909. The molecule has 0 saturated heterocycles. The number of carboxylic acid groups (broad SMARTS) is 1. The standard InChI is InChI=1S/C11H21BrO3/c1-2-3-4-5-6-7-8-9(13)10(12)11(14)15/h9-10,13H,2-8H2,1H3,(H,14,15)/t9?,10-/m1/s1. The molecule has 0 fully saturated rings. The first-order valence-corrected chi connectivity index (χ1v) is 6.56. The lowest BCUT2D eigenvalue weighted by atomic mass is 10.1. The Morgan fingerprint density at radius 1 is 1.20 bits per heavy atom. The second-order valence-electron chi connectivity index (χ2n) is 3.86. The normalized spacial score (nSPS) is 14.9. The number of aliphatic hydroxyl groups excluding tert-OH is 1. The van der Waals surface area contributed by atoms with Crippen LogP contribution in [-0.2, 0) is 4.79 Å². The Labute approximate surface area is 100 Å². The van der Waals surface area contributed by atoms with Gasteiger partial charge in [0.1, 0.15) is 4.83 Å². The van der Waals surface area contributed by atoms with Crippen molar-refractivity contribution in [2.45, 2.75) is 62.8 Å². The Morgan fingerprint density at radius 2 is 1.73 bits per heavy atom. The van der Waals surface area contributed by atoms with E-state index in [1.54, 1.807) is 0 Å². The Balaban J connectivity index is 3.38. The van der Waals surface area contributed by atoms with E-state index in [0.29, 0.717) is 6.42 Å². The number of aliphatic carboxylic acids is 1. The van der Waals surface area contributed by atoms with E-state index in [1.807, 2.05) is 0 Å². The van der Waals surface area contributed by atoms with Crippen molar-refractivity contribution in [2.24, 2.45) is 0 Å². The van der Waals surface area contributed by atoms with Gasteiger partial charge in [0.25, 0.3) is 0 Å². The van der Waals surface area contributed by atoms with Crippen LogP contribution in [0.3, 0.4) is 0 Å². The van der Waals surface area contributed by atoms with Crippen molar-refractivity contribution >= 4 is 21.9 Å². The molecule has 4 heteroatoms. The smallest absolute Gasteiger partial charge is 0.319 e. The number of alkyl halides is 1. The lowest BCUT2D eigenvalue weighted by Gasteiger charge is -2.12. The molecule has 3 nitrogen and oxygen atoms in total. The molecule has 2 atom stereocenters. The van der Waals surface area contributed by atoms with E-state index in [0.717, 1.165) is 12.8 Å². The molecule has 0 aliphatic carbocycles. The summed E-state index contributed by atoms with van der Waals surface area (Å²) in [6, 6.07) is 0. The highest BCUT2D eigenvalue weighted by Gasteiger charge is 2.22. The molecular formula is C11H21BrO3. The summed E-state index contributed by atoms with van der Waals surface area (Å²) in [6.07, 6.45) is 6.69. The van der Waals surface area contributed by atoms with E-state index in [4.69, 9.17) is 5.11 Å². The predicted octanol–water partition coefficient (Wildman–Crippen LogP) is 2.95. The van der Waals surface area contributed by atoms with Crippen molar-refractivity contribution in [1.82, 2.24) is 0 Å². The number of aliphatic hydroxyl groups is 1. The first-order valence-electron chi connectivity index (χ1n) is 5.64. The molecule has 0 aliphatic heterocycles. The van der Waals surface area contributed by atoms with Crippen LogP contribution in [0.5, 0.6) is 0 Å². The quantitative estimate of drug-likeness (QED) is 0.504. The van der Waals surface area contributed by atoms with Crippen molar-refractivity contribution in [3.63, 3.8) is 0 Å². The number of carboxylic acids is 1. The van der Waals surface area contributed by atoms with Gasteiger partial charge in [-0.15, -0.1) is 0 Å². The molecule has 0 amide bonds. The van der Waals surface area contributed by atoms with Crippen LogP contribution in [0.4, 0.5) is 0 Å². The summed E-state index contributed by atoms with van der Waals surface area (Å²) < 4.78 is 0. The number of hydrogen-bond acceptors (Lipinski definition) is 2. The van der Waals surface area contributed by atoms with Crippen LogP contribution in [0, 0.1) is 0 Å². The number of carbonyl (C=O) groups is 1. The van der Waals surface area contributed by atoms with Gasteiger partial charge >= 0.3 is 5.97 Å². The molecule has 0 rings (SSSR count). The Morgan fingerprint density at radius 3 is 2.27 bits per heavy atom. The molecule has 0 radical (unpaired) electrons. The maximum absolute atomic E-state index is 10.5. The van der Waals surface area contributed by atoms with Crippen molar-refractivity contribution in [3.8, 4) is 0 Å². The van der Waals surface area contributed by atoms with Crippen LogP contribution in [-0.4, -0.2) is 27.1 Å². The SMILES string of the molecule is CCCCCCCCC(O)[C@@H](Br)C(=O)O. The van der Waals surface area contributed by atoms with Crippen molar-refractivity contribution < 1.29 is 15.0 Å². The average molecular weight is 281 g/mol. The third-order valence-electron chi connectivity index (χ3n) is 2.43.